The van der Waals surface area contributed by atoms with Crippen molar-refractivity contribution in [1.29, 1.82) is 0 Å². The monoisotopic (exact) mass is 294 g/mol. The normalized spacial score (nSPS) is 39.0. The van der Waals surface area contributed by atoms with Crippen LogP contribution in [0, 0.1) is 17.8 Å². The van der Waals surface area contributed by atoms with E-state index in [0.717, 1.165) is 19.0 Å². The zero-order chi connectivity index (χ0) is 15.2. The number of hydrogen-bond acceptors (Lipinski definition) is 3. The van der Waals surface area contributed by atoms with Crippen LogP contribution in [0.25, 0.3) is 0 Å². The van der Waals surface area contributed by atoms with Gasteiger partial charge in [0.05, 0.1) is 0 Å². The van der Waals surface area contributed by atoms with Gasteiger partial charge in [-0.15, -0.1) is 0 Å². The Morgan fingerprint density at radius 2 is 1.67 bits per heavy atom. The van der Waals surface area contributed by atoms with Crippen molar-refractivity contribution in [2.75, 3.05) is 13.1 Å². The van der Waals surface area contributed by atoms with Crippen molar-refractivity contribution >= 4 is 6.09 Å². The molecule has 1 heterocycles. The fourth-order valence-corrected chi connectivity index (χ4v) is 3.95. The summed E-state index contributed by atoms with van der Waals surface area (Å²) in [6.45, 7) is 9.89. The Kier molecular flexibility index (Phi) is 3.93. The summed E-state index contributed by atoms with van der Waals surface area (Å²) in [6.07, 6.45) is 5.24. The predicted octanol–water partition coefficient (Wildman–Crippen LogP) is 3.02. The summed E-state index contributed by atoms with van der Waals surface area (Å²) in [4.78, 5) is 13.9. The number of carbonyl (C=O) groups is 1. The van der Waals surface area contributed by atoms with Gasteiger partial charge in [-0.3, -0.25) is 0 Å². The minimum atomic E-state index is -0.389. The van der Waals surface area contributed by atoms with Crippen molar-refractivity contribution < 1.29 is 9.53 Å². The van der Waals surface area contributed by atoms with Gasteiger partial charge in [0, 0.05) is 25.2 Å². The van der Waals surface area contributed by atoms with Crippen molar-refractivity contribution in [3.05, 3.63) is 0 Å². The standard InChI is InChI=1S/C17H30N2O2/c1-11-5-7-12(8-6-11)18-15-13-9-19(10-14(13)15)16(20)21-17(2,3)4/h11-15,18H,5-10H2,1-4H3. The maximum absolute atomic E-state index is 12.0. The molecule has 120 valence electrons. The molecule has 3 rings (SSSR count). The molecule has 2 atom stereocenters. The fraction of sp³-hybridized carbons (Fsp3) is 0.941. The first-order valence-corrected chi connectivity index (χ1v) is 8.57. The second kappa shape index (κ2) is 5.45. The molecule has 0 aromatic heterocycles. The van der Waals surface area contributed by atoms with E-state index < -0.39 is 0 Å². The van der Waals surface area contributed by atoms with E-state index >= 15 is 0 Å². The molecule has 0 spiro atoms. The van der Waals surface area contributed by atoms with Crippen LogP contribution in [0.3, 0.4) is 0 Å². The topological polar surface area (TPSA) is 41.6 Å². The zero-order valence-electron chi connectivity index (χ0n) is 13.9. The highest BCUT2D eigenvalue weighted by atomic mass is 16.6. The Morgan fingerprint density at radius 1 is 1.10 bits per heavy atom. The number of carbonyl (C=O) groups excluding carboxylic acids is 1. The zero-order valence-corrected chi connectivity index (χ0v) is 13.9. The number of hydrogen-bond donors (Lipinski definition) is 1. The van der Waals surface area contributed by atoms with Crippen molar-refractivity contribution in [3.63, 3.8) is 0 Å². The summed E-state index contributed by atoms with van der Waals surface area (Å²) in [5, 5.41) is 3.84. The SMILES string of the molecule is CC1CCC(NC2C3CN(C(=O)OC(C)(C)C)CC32)CC1. The molecular weight excluding hydrogens is 264 g/mol. The molecule has 0 aromatic carbocycles. The van der Waals surface area contributed by atoms with Gasteiger partial charge in [-0.05, 0) is 64.2 Å². The Bertz CT molecular complexity index is 384. The summed E-state index contributed by atoms with van der Waals surface area (Å²) in [5.74, 6) is 2.23. The molecule has 2 aliphatic carbocycles. The molecule has 4 heteroatoms. The van der Waals surface area contributed by atoms with Crippen LogP contribution >= 0.6 is 0 Å². The molecule has 4 nitrogen and oxygen atoms in total. The largest absolute Gasteiger partial charge is 0.444 e. The lowest BCUT2D eigenvalue weighted by molar-refractivity contribution is 0.0268. The lowest BCUT2D eigenvalue weighted by Crippen LogP contribution is -2.42. The maximum atomic E-state index is 12.0. The first kappa shape index (κ1) is 15.1. The smallest absolute Gasteiger partial charge is 0.410 e. The van der Waals surface area contributed by atoms with Crippen LogP contribution in [-0.2, 0) is 4.74 Å². The summed E-state index contributed by atoms with van der Waals surface area (Å²) >= 11 is 0. The molecule has 2 saturated carbocycles. The highest BCUT2D eigenvalue weighted by Crippen LogP contribution is 2.46. The lowest BCUT2D eigenvalue weighted by Gasteiger charge is -2.29. The second-order valence-corrected chi connectivity index (χ2v) is 8.36. The minimum absolute atomic E-state index is 0.139. The average Bonchev–Trinajstić information content (AvgIpc) is 2.83. The maximum Gasteiger partial charge on any atom is 0.410 e. The number of nitrogens with zero attached hydrogens (tertiary/aromatic N) is 1. The second-order valence-electron chi connectivity index (χ2n) is 8.36. The molecule has 2 unspecified atom stereocenters. The molecule has 0 radical (unpaired) electrons. The number of rotatable bonds is 2. The van der Waals surface area contributed by atoms with Crippen LogP contribution in [0.5, 0.6) is 0 Å². The van der Waals surface area contributed by atoms with Gasteiger partial charge in [-0.25, -0.2) is 4.79 Å². The molecule has 1 amide bonds. The summed E-state index contributed by atoms with van der Waals surface area (Å²) in [7, 11) is 0. The van der Waals surface area contributed by atoms with E-state index in [1.807, 2.05) is 25.7 Å². The van der Waals surface area contributed by atoms with Gasteiger partial charge in [0.25, 0.3) is 0 Å². The number of nitrogens with one attached hydrogen (secondary N) is 1. The van der Waals surface area contributed by atoms with Crippen molar-refractivity contribution in [1.82, 2.24) is 10.2 Å². The van der Waals surface area contributed by atoms with Crippen LogP contribution in [0.2, 0.25) is 0 Å². The van der Waals surface area contributed by atoms with Gasteiger partial charge in [-0.1, -0.05) is 6.92 Å². The Labute approximate surface area is 128 Å². The van der Waals surface area contributed by atoms with E-state index in [4.69, 9.17) is 4.74 Å². The highest BCUT2D eigenvalue weighted by molar-refractivity contribution is 5.69. The van der Waals surface area contributed by atoms with Gasteiger partial charge in [0.1, 0.15) is 5.60 Å². The van der Waals surface area contributed by atoms with E-state index in [9.17, 15) is 4.79 Å². The molecule has 0 aromatic rings. The van der Waals surface area contributed by atoms with Gasteiger partial charge < -0.3 is 15.0 Å². The third-order valence-electron chi connectivity index (χ3n) is 5.29. The molecule has 3 aliphatic rings. The third-order valence-corrected chi connectivity index (χ3v) is 5.29. The minimum Gasteiger partial charge on any atom is -0.444 e. The summed E-state index contributed by atoms with van der Waals surface area (Å²) < 4.78 is 5.45. The van der Waals surface area contributed by atoms with Crippen molar-refractivity contribution in [3.8, 4) is 0 Å². The molecule has 3 fully saturated rings. The molecule has 1 aliphatic heterocycles. The number of piperidine rings is 1. The van der Waals surface area contributed by atoms with E-state index in [1.54, 1.807) is 0 Å². The van der Waals surface area contributed by atoms with Crippen LogP contribution in [0.1, 0.15) is 53.4 Å². The fourth-order valence-electron chi connectivity index (χ4n) is 3.95. The van der Waals surface area contributed by atoms with Gasteiger partial charge in [0.15, 0.2) is 0 Å². The molecule has 1 saturated heterocycles. The number of ether oxygens (including phenoxy) is 1. The number of fused-ring (bicyclic) bond motifs is 1. The van der Waals surface area contributed by atoms with Crippen LogP contribution in [-0.4, -0.2) is 41.8 Å². The van der Waals surface area contributed by atoms with E-state index in [0.29, 0.717) is 23.9 Å². The van der Waals surface area contributed by atoms with E-state index in [2.05, 4.69) is 12.2 Å². The van der Waals surface area contributed by atoms with Crippen molar-refractivity contribution in [2.24, 2.45) is 17.8 Å². The van der Waals surface area contributed by atoms with Gasteiger partial charge >= 0.3 is 6.09 Å². The van der Waals surface area contributed by atoms with Crippen molar-refractivity contribution in [2.45, 2.75) is 71.1 Å². The molecule has 0 bridgehead atoms. The summed E-state index contributed by atoms with van der Waals surface area (Å²) in [5.41, 5.74) is -0.389. The Hall–Kier alpha value is -0.770. The third kappa shape index (κ3) is 3.53. The quantitative estimate of drug-likeness (QED) is 0.851. The Morgan fingerprint density at radius 3 is 2.19 bits per heavy atom. The number of likely N-dealkylation sites (tertiary alicyclic amines) is 1. The number of amides is 1. The van der Waals surface area contributed by atoms with Gasteiger partial charge in [-0.2, -0.15) is 0 Å². The van der Waals surface area contributed by atoms with E-state index in [1.165, 1.54) is 25.7 Å². The molecular formula is C17H30N2O2. The first-order valence-electron chi connectivity index (χ1n) is 8.57. The van der Waals surface area contributed by atoms with Crippen LogP contribution in [0.15, 0.2) is 0 Å². The average molecular weight is 294 g/mol. The summed E-state index contributed by atoms with van der Waals surface area (Å²) in [6, 6.07) is 1.37. The van der Waals surface area contributed by atoms with E-state index in [-0.39, 0.29) is 11.7 Å². The van der Waals surface area contributed by atoms with Crippen LogP contribution in [0.4, 0.5) is 4.79 Å². The first-order chi connectivity index (χ1) is 9.83. The highest BCUT2D eigenvalue weighted by Gasteiger charge is 2.57. The lowest BCUT2D eigenvalue weighted by atomic mass is 9.87. The predicted molar refractivity (Wildman–Crippen MR) is 83.1 cm³/mol. The van der Waals surface area contributed by atoms with Crippen LogP contribution < -0.4 is 5.32 Å². The molecule has 1 N–H and O–H groups in total. The Balaban J connectivity index is 1.41. The molecule has 21 heavy (non-hydrogen) atoms. The van der Waals surface area contributed by atoms with Gasteiger partial charge in [0.2, 0.25) is 0 Å².